The Morgan fingerprint density at radius 2 is 1.93 bits per heavy atom. The monoisotopic (exact) mass is 208 g/mol. The molecule has 3 heteroatoms. The lowest BCUT2D eigenvalue weighted by Crippen LogP contribution is -1.87. The van der Waals surface area contributed by atoms with Crippen LogP contribution in [0.4, 0.5) is 0 Å². The summed E-state index contributed by atoms with van der Waals surface area (Å²) in [7, 11) is 0. The molecule has 0 aliphatic heterocycles. The summed E-state index contributed by atoms with van der Waals surface area (Å²) >= 11 is 1.59. The molecule has 2 rings (SSSR count). The molecule has 2 aromatic heterocycles. The van der Waals surface area contributed by atoms with Crippen molar-refractivity contribution in [1.82, 2.24) is 9.97 Å². The van der Waals surface area contributed by atoms with Crippen molar-refractivity contribution in [3.63, 3.8) is 0 Å². The van der Waals surface area contributed by atoms with Crippen molar-refractivity contribution in [2.75, 3.05) is 0 Å². The number of thiazole rings is 1. The molecule has 0 amide bonds. The van der Waals surface area contributed by atoms with Crippen LogP contribution in [-0.4, -0.2) is 9.97 Å². The second-order valence-corrected chi connectivity index (χ2v) is 3.93. The quantitative estimate of drug-likeness (QED) is 0.711. The highest BCUT2D eigenvalue weighted by Crippen LogP contribution is 2.20. The van der Waals surface area contributed by atoms with Gasteiger partial charge in [-0.3, -0.25) is 0 Å². The molecule has 0 atom stereocenters. The van der Waals surface area contributed by atoms with Crippen molar-refractivity contribution in [1.29, 1.82) is 0 Å². The number of hydrogen-bond donors (Lipinski definition) is 0. The SMILES string of the molecule is CC.CC(C)c1cnc2scnc2c1. The lowest BCUT2D eigenvalue weighted by molar-refractivity contribution is 0.862. The molecule has 76 valence electrons. The van der Waals surface area contributed by atoms with Gasteiger partial charge in [0.05, 0.1) is 5.51 Å². The van der Waals surface area contributed by atoms with Crippen molar-refractivity contribution in [2.45, 2.75) is 33.6 Å². The van der Waals surface area contributed by atoms with Gasteiger partial charge in [-0.15, -0.1) is 11.3 Å². The van der Waals surface area contributed by atoms with Crippen LogP contribution in [0.25, 0.3) is 10.3 Å². The molecule has 2 aromatic rings. The molecule has 0 unspecified atom stereocenters. The summed E-state index contributed by atoms with van der Waals surface area (Å²) in [6.45, 7) is 8.32. The molecule has 2 nitrogen and oxygen atoms in total. The summed E-state index contributed by atoms with van der Waals surface area (Å²) in [5, 5.41) is 0. The summed E-state index contributed by atoms with van der Waals surface area (Å²) in [4.78, 5) is 9.56. The molecule has 0 bridgehead atoms. The van der Waals surface area contributed by atoms with E-state index in [1.807, 2.05) is 25.6 Å². The number of nitrogens with zero attached hydrogens (tertiary/aromatic N) is 2. The van der Waals surface area contributed by atoms with Gasteiger partial charge < -0.3 is 0 Å². The van der Waals surface area contributed by atoms with Gasteiger partial charge >= 0.3 is 0 Å². The molecule has 0 spiro atoms. The smallest absolute Gasteiger partial charge is 0.143 e. The minimum absolute atomic E-state index is 0.531. The van der Waals surface area contributed by atoms with Crippen LogP contribution in [0, 0.1) is 0 Å². The Kier molecular flexibility index (Phi) is 4.01. The van der Waals surface area contributed by atoms with Gasteiger partial charge in [-0.05, 0) is 17.5 Å². The molecule has 2 heterocycles. The van der Waals surface area contributed by atoms with Crippen LogP contribution in [-0.2, 0) is 0 Å². The van der Waals surface area contributed by atoms with Crippen molar-refractivity contribution >= 4 is 21.7 Å². The summed E-state index contributed by atoms with van der Waals surface area (Å²) < 4.78 is 0. The van der Waals surface area contributed by atoms with E-state index in [4.69, 9.17) is 0 Å². The van der Waals surface area contributed by atoms with E-state index in [9.17, 15) is 0 Å². The van der Waals surface area contributed by atoms with E-state index in [1.165, 1.54) is 5.56 Å². The van der Waals surface area contributed by atoms with Crippen LogP contribution in [0.5, 0.6) is 0 Å². The van der Waals surface area contributed by atoms with Gasteiger partial charge in [0.25, 0.3) is 0 Å². The van der Waals surface area contributed by atoms with E-state index in [2.05, 4.69) is 29.9 Å². The zero-order valence-electron chi connectivity index (χ0n) is 9.11. The Hall–Kier alpha value is -0.960. The molecule has 14 heavy (non-hydrogen) atoms. The third kappa shape index (κ3) is 2.29. The van der Waals surface area contributed by atoms with E-state index < -0.39 is 0 Å². The average Bonchev–Trinajstić information content (AvgIpc) is 2.67. The fourth-order valence-corrected chi connectivity index (χ4v) is 1.70. The number of hydrogen-bond acceptors (Lipinski definition) is 3. The molecule has 0 radical (unpaired) electrons. The highest BCUT2D eigenvalue weighted by Gasteiger charge is 2.02. The molecule has 0 saturated heterocycles. The van der Waals surface area contributed by atoms with Gasteiger partial charge in [-0.1, -0.05) is 27.7 Å². The van der Waals surface area contributed by atoms with Crippen LogP contribution >= 0.6 is 11.3 Å². The maximum absolute atomic E-state index is 4.32. The fourth-order valence-electron chi connectivity index (χ4n) is 1.09. The standard InChI is InChI=1S/C9H10N2S.C2H6/c1-6(2)7-3-8-9(10-4-7)12-5-11-8;1-2/h3-6H,1-2H3;1-2H3. The lowest BCUT2D eigenvalue weighted by Gasteiger charge is -2.02. The lowest BCUT2D eigenvalue weighted by atomic mass is 10.1. The number of pyridine rings is 1. The Balaban J connectivity index is 0.000000461. The summed E-state index contributed by atoms with van der Waals surface area (Å²) in [6.07, 6.45) is 1.94. The van der Waals surface area contributed by atoms with Crippen molar-refractivity contribution < 1.29 is 0 Å². The Morgan fingerprint density at radius 1 is 1.21 bits per heavy atom. The first-order chi connectivity index (χ1) is 6.77. The largest absolute Gasteiger partial charge is 0.243 e. The van der Waals surface area contributed by atoms with Crippen molar-refractivity contribution in [2.24, 2.45) is 0 Å². The van der Waals surface area contributed by atoms with E-state index in [0.717, 1.165) is 10.3 Å². The fraction of sp³-hybridized carbons (Fsp3) is 0.455. The predicted octanol–water partition coefficient (Wildman–Crippen LogP) is 3.84. The Morgan fingerprint density at radius 3 is 2.57 bits per heavy atom. The minimum atomic E-state index is 0.531. The van der Waals surface area contributed by atoms with Crippen LogP contribution in [0.2, 0.25) is 0 Å². The van der Waals surface area contributed by atoms with E-state index in [-0.39, 0.29) is 0 Å². The first kappa shape index (κ1) is 11.1. The molecule has 0 fully saturated rings. The van der Waals surface area contributed by atoms with Gasteiger partial charge in [0.15, 0.2) is 0 Å². The molecular weight excluding hydrogens is 192 g/mol. The molecule has 0 aromatic carbocycles. The normalized spacial score (nSPS) is 10.1. The molecule has 0 N–H and O–H groups in total. The molecular formula is C11H16N2S. The van der Waals surface area contributed by atoms with Crippen molar-refractivity contribution in [3.05, 3.63) is 23.3 Å². The first-order valence-electron chi connectivity index (χ1n) is 4.96. The number of aromatic nitrogens is 2. The third-order valence-electron chi connectivity index (χ3n) is 1.88. The van der Waals surface area contributed by atoms with Gasteiger partial charge in [0, 0.05) is 6.20 Å². The van der Waals surface area contributed by atoms with Crippen LogP contribution < -0.4 is 0 Å². The second kappa shape index (κ2) is 5.05. The maximum atomic E-state index is 4.32. The highest BCUT2D eigenvalue weighted by molar-refractivity contribution is 7.16. The minimum Gasteiger partial charge on any atom is -0.243 e. The summed E-state index contributed by atoms with van der Waals surface area (Å²) in [5.41, 5.74) is 4.11. The average molecular weight is 208 g/mol. The predicted molar refractivity (Wildman–Crippen MR) is 62.9 cm³/mol. The third-order valence-corrected chi connectivity index (χ3v) is 2.62. The van der Waals surface area contributed by atoms with Gasteiger partial charge in [-0.25, -0.2) is 9.97 Å². The van der Waals surface area contributed by atoms with E-state index in [1.54, 1.807) is 11.3 Å². The van der Waals surface area contributed by atoms with Crippen LogP contribution in [0.3, 0.4) is 0 Å². The van der Waals surface area contributed by atoms with Gasteiger partial charge in [-0.2, -0.15) is 0 Å². The van der Waals surface area contributed by atoms with Crippen LogP contribution in [0.15, 0.2) is 17.8 Å². The maximum Gasteiger partial charge on any atom is 0.143 e. The highest BCUT2D eigenvalue weighted by atomic mass is 32.1. The summed E-state index contributed by atoms with van der Waals surface area (Å²) in [5.74, 6) is 0.531. The zero-order chi connectivity index (χ0) is 10.6. The molecule has 0 saturated carbocycles. The van der Waals surface area contributed by atoms with E-state index >= 15 is 0 Å². The van der Waals surface area contributed by atoms with E-state index in [0.29, 0.717) is 5.92 Å². The Labute approximate surface area is 89.0 Å². The molecule has 0 aliphatic rings. The Bertz CT molecular complexity index is 393. The van der Waals surface area contributed by atoms with Crippen LogP contribution in [0.1, 0.15) is 39.2 Å². The van der Waals surface area contributed by atoms with Gasteiger partial charge in [0.1, 0.15) is 10.3 Å². The summed E-state index contributed by atoms with van der Waals surface area (Å²) in [6, 6.07) is 2.11. The zero-order valence-corrected chi connectivity index (χ0v) is 9.93. The molecule has 0 aliphatic carbocycles. The topological polar surface area (TPSA) is 25.8 Å². The van der Waals surface area contributed by atoms with Crippen molar-refractivity contribution in [3.8, 4) is 0 Å². The number of fused-ring (bicyclic) bond motifs is 1. The van der Waals surface area contributed by atoms with Gasteiger partial charge in [0.2, 0.25) is 0 Å². The number of rotatable bonds is 1. The first-order valence-corrected chi connectivity index (χ1v) is 5.84. The second-order valence-electron chi connectivity index (χ2n) is 3.10.